The van der Waals surface area contributed by atoms with Crippen LogP contribution in [0.15, 0.2) is 28.8 Å². The lowest BCUT2D eigenvalue weighted by molar-refractivity contribution is 0.0832. The van der Waals surface area contributed by atoms with Crippen molar-refractivity contribution in [1.82, 2.24) is 10.1 Å². The number of para-hydroxylation sites is 2. The second-order valence-electron chi connectivity index (χ2n) is 5.07. The lowest BCUT2D eigenvalue weighted by atomic mass is 10.1. The number of aliphatic hydroxyl groups excluding tert-OH is 1. The molecule has 1 N–H and O–H groups in total. The molecular weight excluding hydrogens is 292 g/mol. The molecule has 7 heteroatoms. The predicted molar refractivity (Wildman–Crippen MR) is 75.7 cm³/mol. The lowest BCUT2D eigenvalue weighted by Crippen LogP contribution is -2.23. The predicted octanol–water partition coefficient (Wildman–Crippen LogP) is 1.77. The minimum Gasteiger partial charge on any atom is -0.485 e. The van der Waals surface area contributed by atoms with Gasteiger partial charge in [0.05, 0.1) is 12.0 Å². The summed E-state index contributed by atoms with van der Waals surface area (Å²) in [5.74, 6) is 3.75. The highest BCUT2D eigenvalue weighted by molar-refractivity contribution is 7.99. The van der Waals surface area contributed by atoms with Gasteiger partial charge in [-0.2, -0.15) is 16.7 Å². The van der Waals surface area contributed by atoms with Crippen LogP contribution in [-0.2, 0) is 0 Å². The van der Waals surface area contributed by atoms with Crippen LogP contribution in [0.2, 0.25) is 0 Å². The minimum atomic E-state index is -0.424. The van der Waals surface area contributed by atoms with Crippen molar-refractivity contribution >= 4 is 11.8 Å². The van der Waals surface area contributed by atoms with Crippen molar-refractivity contribution in [2.24, 2.45) is 0 Å². The number of hydrogen-bond donors (Lipinski definition) is 1. The molecule has 2 aliphatic heterocycles. The first-order valence-electron chi connectivity index (χ1n) is 6.79. The Kier molecular flexibility index (Phi) is 3.23. The fraction of sp³-hybridized carbons (Fsp3) is 0.429. The van der Waals surface area contributed by atoms with Crippen molar-refractivity contribution in [3.8, 4) is 11.5 Å². The molecular formula is C14H14N2O4S. The summed E-state index contributed by atoms with van der Waals surface area (Å²) in [6.45, 7) is 0.345. The molecule has 0 aliphatic carbocycles. The Morgan fingerprint density at radius 2 is 2.05 bits per heavy atom. The van der Waals surface area contributed by atoms with Crippen LogP contribution in [0.1, 0.15) is 23.7 Å². The molecule has 110 valence electrons. The molecule has 2 aliphatic rings. The first-order valence-corrected chi connectivity index (χ1v) is 7.94. The molecule has 6 nitrogen and oxygen atoms in total. The molecule has 0 spiro atoms. The van der Waals surface area contributed by atoms with Gasteiger partial charge in [-0.05, 0) is 12.1 Å². The van der Waals surface area contributed by atoms with E-state index in [1.807, 2.05) is 24.3 Å². The van der Waals surface area contributed by atoms with Gasteiger partial charge in [0.2, 0.25) is 11.7 Å². The number of ether oxygens (including phenoxy) is 2. The van der Waals surface area contributed by atoms with Gasteiger partial charge in [0, 0.05) is 11.5 Å². The Labute approximate surface area is 125 Å². The maximum absolute atomic E-state index is 9.89. The van der Waals surface area contributed by atoms with E-state index in [-0.39, 0.29) is 12.0 Å². The van der Waals surface area contributed by atoms with E-state index in [1.54, 1.807) is 11.8 Å². The standard InChI is InChI=1S/C14H14N2O4S/c17-9-7-21-6-8(9)14-15-13(16-20-14)12-5-18-10-3-1-2-4-11(10)19-12/h1-4,8-9,12,17H,5-7H2. The fourth-order valence-corrected chi connectivity index (χ4v) is 3.68. The molecule has 0 radical (unpaired) electrons. The Balaban J connectivity index is 1.54. The molecule has 1 aromatic carbocycles. The van der Waals surface area contributed by atoms with Gasteiger partial charge in [0.25, 0.3) is 0 Å². The first kappa shape index (κ1) is 13.0. The fourth-order valence-electron chi connectivity index (χ4n) is 2.45. The SMILES string of the molecule is OC1CSCC1c1nc(C2COc3ccccc3O2)no1. The van der Waals surface area contributed by atoms with Crippen LogP contribution in [-0.4, -0.2) is 39.5 Å². The quantitative estimate of drug-likeness (QED) is 0.906. The van der Waals surface area contributed by atoms with E-state index >= 15 is 0 Å². The summed E-state index contributed by atoms with van der Waals surface area (Å²) in [4.78, 5) is 4.38. The maximum Gasteiger partial charge on any atom is 0.233 e. The zero-order valence-electron chi connectivity index (χ0n) is 11.1. The summed E-state index contributed by atoms with van der Waals surface area (Å²) in [5, 5.41) is 13.9. The van der Waals surface area contributed by atoms with Crippen molar-refractivity contribution in [3.05, 3.63) is 36.0 Å². The first-order chi connectivity index (χ1) is 10.3. The number of fused-ring (bicyclic) bond motifs is 1. The van der Waals surface area contributed by atoms with Gasteiger partial charge in [-0.3, -0.25) is 0 Å². The highest BCUT2D eigenvalue weighted by Gasteiger charge is 2.34. The Hall–Kier alpha value is -1.73. The minimum absolute atomic E-state index is 0.0898. The Bertz CT molecular complexity index is 647. The molecule has 1 aromatic heterocycles. The van der Waals surface area contributed by atoms with Crippen LogP contribution in [0.3, 0.4) is 0 Å². The molecule has 0 amide bonds. The molecule has 1 fully saturated rings. The van der Waals surface area contributed by atoms with E-state index in [0.29, 0.717) is 29.8 Å². The number of hydrogen-bond acceptors (Lipinski definition) is 7. The maximum atomic E-state index is 9.89. The van der Waals surface area contributed by atoms with Crippen LogP contribution in [0.25, 0.3) is 0 Å². The average Bonchev–Trinajstić information content (AvgIpc) is 3.15. The number of nitrogens with zero attached hydrogens (tertiary/aromatic N) is 2. The number of aromatic nitrogens is 2. The van der Waals surface area contributed by atoms with E-state index in [2.05, 4.69) is 10.1 Å². The normalized spacial score (nSPS) is 27.8. The summed E-state index contributed by atoms with van der Waals surface area (Å²) < 4.78 is 16.8. The molecule has 1 saturated heterocycles. The lowest BCUT2D eigenvalue weighted by Gasteiger charge is -2.24. The van der Waals surface area contributed by atoms with Gasteiger partial charge in [-0.15, -0.1) is 0 Å². The number of rotatable bonds is 2. The highest BCUT2D eigenvalue weighted by atomic mass is 32.2. The largest absolute Gasteiger partial charge is 0.485 e. The summed E-state index contributed by atoms with van der Waals surface area (Å²) in [6.07, 6.45) is -0.809. The van der Waals surface area contributed by atoms with E-state index in [1.165, 1.54) is 0 Å². The van der Waals surface area contributed by atoms with E-state index in [4.69, 9.17) is 14.0 Å². The third-order valence-electron chi connectivity index (χ3n) is 3.62. The summed E-state index contributed by atoms with van der Waals surface area (Å²) >= 11 is 1.69. The zero-order valence-corrected chi connectivity index (χ0v) is 12.0. The second-order valence-corrected chi connectivity index (χ2v) is 6.14. The molecule has 2 aromatic rings. The van der Waals surface area contributed by atoms with Crippen molar-refractivity contribution < 1.29 is 19.1 Å². The summed E-state index contributed by atoms with van der Waals surface area (Å²) in [5.41, 5.74) is 0. The molecule has 0 saturated carbocycles. The van der Waals surface area contributed by atoms with Gasteiger partial charge in [0.1, 0.15) is 6.61 Å². The number of aliphatic hydroxyl groups is 1. The van der Waals surface area contributed by atoms with Crippen LogP contribution in [0.5, 0.6) is 11.5 Å². The van der Waals surface area contributed by atoms with Gasteiger partial charge in [-0.25, -0.2) is 0 Å². The van der Waals surface area contributed by atoms with Crippen LogP contribution in [0, 0.1) is 0 Å². The smallest absolute Gasteiger partial charge is 0.233 e. The molecule has 3 atom stereocenters. The van der Waals surface area contributed by atoms with Gasteiger partial charge < -0.3 is 19.1 Å². The van der Waals surface area contributed by atoms with Gasteiger partial charge >= 0.3 is 0 Å². The van der Waals surface area contributed by atoms with E-state index < -0.39 is 6.10 Å². The molecule has 3 unspecified atom stereocenters. The Morgan fingerprint density at radius 1 is 1.19 bits per heavy atom. The molecule has 21 heavy (non-hydrogen) atoms. The number of benzene rings is 1. The van der Waals surface area contributed by atoms with Gasteiger partial charge in [0.15, 0.2) is 17.6 Å². The molecule has 3 heterocycles. The molecule has 0 bridgehead atoms. The molecule has 4 rings (SSSR count). The van der Waals surface area contributed by atoms with Crippen molar-refractivity contribution in [2.75, 3.05) is 18.1 Å². The van der Waals surface area contributed by atoms with Crippen molar-refractivity contribution in [3.63, 3.8) is 0 Å². The third-order valence-corrected chi connectivity index (χ3v) is 4.79. The van der Waals surface area contributed by atoms with Crippen molar-refractivity contribution in [2.45, 2.75) is 18.1 Å². The van der Waals surface area contributed by atoms with Crippen LogP contribution < -0.4 is 9.47 Å². The van der Waals surface area contributed by atoms with Crippen LogP contribution >= 0.6 is 11.8 Å². The summed E-state index contributed by atoms with van der Waals surface area (Å²) in [6, 6.07) is 7.49. The highest BCUT2D eigenvalue weighted by Crippen LogP contribution is 2.36. The average molecular weight is 306 g/mol. The van der Waals surface area contributed by atoms with E-state index in [0.717, 1.165) is 11.5 Å². The van der Waals surface area contributed by atoms with Crippen molar-refractivity contribution in [1.29, 1.82) is 0 Å². The summed E-state index contributed by atoms with van der Waals surface area (Å²) in [7, 11) is 0. The second kappa shape index (κ2) is 5.23. The zero-order chi connectivity index (χ0) is 14.2. The monoisotopic (exact) mass is 306 g/mol. The third kappa shape index (κ3) is 2.36. The van der Waals surface area contributed by atoms with E-state index in [9.17, 15) is 5.11 Å². The topological polar surface area (TPSA) is 77.6 Å². The van der Waals surface area contributed by atoms with Crippen LogP contribution in [0.4, 0.5) is 0 Å². The van der Waals surface area contributed by atoms with Gasteiger partial charge in [-0.1, -0.05) is 17.3 Å². The Morgan fingerprint density at radius 3 is 2.86 bits per heavy atom. The number of thioether (sulfide) groups is 1.